The Balaban J connectivity index is 1.52. The van der Waals surface area contributed by atoms with Crippen molar-refractivity contribution in [2.75, 3.05) is 5.32 Å². The fourth-order valence-electron chi connectivity index (χ4n) is 4.18. The highest BCUT2D eigenvalue weighted by molar-refractivity contribution is 5.83. The molecule has 0 aliphatic carbocycles. The number of nitrogens with one attached hydrogen (secondary N) is 1. The molecule has 0 aliphatic rings. The molecule has 2 heterocycles. The number of rotatable bonds is 5. The van der Waals surface area contributed by atoms with Crippen LogP contribution in [0.25, 0.3) is 22.2 Å². The van der Waals surface area contributed by atoms with E-state index >= 15 is 0 Å². The lowest BCUT2D eigenvalue weighted by Gasteiger charge is -2.15. The Bertz CT molecular complexity index is 1660. The van der Waals surface area contributed by atoms with E-state index in [-0.39, 0.29) is 0 Å². The first-order valence-electron chi connectivity index (χ1n) is 11.3. The zero-order valence-corrected chi connectivity index (χ0v) is 20.1. The summed E-state index contributed by atoms with van der Waals surface area (Å²) < 4.78 is 8.37. The molecule has 1 N–H and O–H groups in total. The van der Waals surface area contributed by atoms with Gasteiger partial charge < -0.3 is 14.6 Å². The summed E-state index contributed by atoms with van der Waals surface area (Å²) >= 11 is 0. The van der Waals surface area contributed by atoms with Gasteiger partial charge in [0.25, 0.3) is 0 Å². The standard InChI is InChI=1S/C29H22N6O/c1-18-13-23(22-6-4-5-21(15-22)17-31)14-19(2)27(18)36-28-26-25(11-12-35(26)3)33-29(34-28)32-24-9-7-20(16-30)8-10-24/h4-15H,1-3H3,(H,32,33,34). The van der Waals surface area contributed by atoms with E-state index < -0.39 is 0 Å². The van der Waals surface area contributed by atoms with Gasteiger partial charge in [0.05, 0.1) is 28.8 Å². The number of aromatic nitrogens is 3. The lowest BCUT2D eigenvalue weighted by molar-refractivity contribution is 0.459. The average molecular weight is 471 g/mol. The van der Waals surface area contributed by atoms with Gasteiger partial charge in [0.2, 0.25) is 11.8 Å². The van der Waals surface area contributed by atoms with Crippen LogP contribution < -0.4 is 10.1 Å². The minimum Gasteiger partial charge on any atom is -0.436 e. The van der Waals surface area contributed by atoms with Crippen LogP contribution in [0.1, 0.15) is 22.3 Å². The highest BCUT2D eigenvalue weighted by atomic mass is 16.5. The van der Waals surface area contributed by atoms with E-state index in [1.807, 2.05) is 68.1 Å². The first-order chi connectivity index (χ1) is 17.4. The fraction of sp³-hybridized carbons (Fsp3) is 0.103. The molecule has 5 aromatic rings. The third-order valence-electron chi connectivity index (χ3n) is 5.94. The summed E-state index contributed by atoms with van der Waals surface area (Å²) in [6.07, 6.45) is 1.92. The smallest absolute Gasteiger partial charge is 0.249 e. The van der Waals surface area contributed by atoms with E-state index in [2.05, 4.69) is 39.6 Å². The summed E-state index contributed by atoms with van der Waals surface area (Å²) in [6.45, 7) is 4.00. The highest BCUT2D eigenvalue weighted by Gasteiger charge is 2.17. The van der Waals surface area contributed by atoms with Gasteiger partial charge in [-0.3, -0.25) is 0 Å². The van der Waals surface area contributed by atoms with Crippen LogP contribution in [0.2, 0.25) is 0 Å². The maximum absolute atomic E-state index is 9.25. The Labute approximate surface area is 208 Å². The number of ether oxygens (including phenoxy) is 1. The lowest BCUT2D eigenvalue weighted by Crippen LogP contribution is -2.02. The Kier molecular flexibility index (Phi) is 5.82. The Hall–Kier alpha value is -5.14. The monoisotopic (exact) mass is 470 g/mol. The number of aryl methyl sites for hydroxylation is 3. The highest BCUT2D eigenvalue weighted by Crippen LogP contribution is 2.36. The van der Waals surface area contributed by atoms with Crippen molar-refractivity contribution >= 4 is 22.7 Å². The minimum absolute atomic E-state index is 0.397. The van der Waals surface area contributed by atoms with Crippen LogP contribution in [0, 0.1) is 36.5 Å². The summed E-state index contributed by atoms with van der Waals surface area (Å²) in [5.74, 6) is 1.56. The van der Waals surface area contributed by atoms with Crippen molar-refractivity contribution < 1.29 is 4.74 Å². The van der Waals surface area contributed by atoms with Gasteiger partial charge in [-0.1, -0.05) is 12.1 Å². The molecule has 0 saturated heterocycles. The summed E-state index contributed by atoms with van der Waals surface area (Å²) in [5.41, 5.74) is 7.41. The molecule has 0 radical (unpaired) electrons. The summed E-state index contributed by atoms with van der Waals surface area (Å²) in [7, 11) is 1.93. The van der Waals surface area contributed by atoms with Crippen molar-refractivity contribution in [3.63, 3.8) is 0 Å². The average Bonchev–Trinajstić information content (AvgIpc) is 3.27. The molecule has 0 amide bonds. The van der Waals surface area contributed by atoms with Gasteiger partial charge in [0.15, 0.2) is 0 Å². The summed E-state index contributed by atoms with van der Waals surface area (Å²) in [5, 5.41) is 21.5. The van der Waals surface area contributed by atoms with Gasteiger partial charge in [0.1, 0.15) is 11.3 Å². The molecule has 0 bridgehead atoms. The normalized spacial score (nSPS) is 10.6. The molecule has 7 nitrogen and oxygen atoms in total. The maximum atomic E-state index is 9.25. The van der Waals surface area contributed by atoms with Crippen molar-refractivity contribution in [3.05, 3.63) is 95.2 Å². The van der Waals surface area contributed by atoms with Crippen molar-refractivity contribution in [2.45, 2.75) is 13.8 Å². The molecule has 0 unspecified atom stereocenters. The van der Waals surface area contributed by atoms with E-state index in [1.165, 1.54) is 0 Å². The van der Waals surface area contributed by atoms with Gasteiger partial charge in [-0.15, -0.1) is 0 Å². The van der Waals surface area contributed by atoms with Crippen molar-refractivity contribution in [2.24, 2.45) is 7.05 Å². The fourth-order valence-corrected chi connectivity index (χ4v) is 4.18. The number of nitrogens with zero attached hydrogens (tertiary/aromatic N) is 5. The molecule has 0 spiro atoms. The molecule has 5 rings (SSSR count). The van der Waals surface area contributed by atoms with Crippen LogP contribution >= 0.6 is 0 Å². The molecular weight excluding hydrogens is 448 g/mol. The molecule has 0 fully saturated rings. The van der Waals surface area contributed by atoms with E-state index in [9.17, 15) is 5.26 Å². The second-order valence-electron chi connectivity index (χ2n) is 8.56. The zero-order valence-electron chi connectivity index (χ0n) is 20.1. The third kappa shape index (κ3) is 4.34. The van der Waals surface area contributed by atoms with Gasteiger partial charge in [-0.2, -0.15) is 15.5 Å². The van der Waals surface area contributed by atoms with E-state index in [0.29, 0.717) is 23.0 Å². The van der Waals surface area contributed by atoms with E-state index in [0.717, 1.165) is 44.7 Å². The Morgan fingerprint density at radius 3 is 2.25 bits per heavy atom. The van der Waals surface area contributed by atoms with E-state index in [1.54, 1.807) is 18.2 Å². The second-order valence-corrected chi connectivity index (χ2v) is 8.56. The summed E-state index contributed by atoms with van der Waals surface area (Å²) in [4.78, 5) is 9.32. The van der Waals surface area contributed by atoms with Crippen molar-refractivity contribution in [3.8, 4) is 34.9 Å². The van der Waals surface area contributed by atoms with Crippen LogP contribution in [0.4, 0.5) is 11.6 Å². The Morgan fingerprint density at radius 1 is 0.833 bits per heavy atom. The number of hydrogen-bond acceptors (Lipinski definition) is 6. The predicted octanol–water partition coefficient (Wildman–Crippen LogP) is 6.53. The quantitative estimate of drug-likeness (QED) is 0.313. The topological polar surface area (TPSA) is 99.5 Å². The number of anilines is 2. The van der Waals surface area contributed by atoms with Crippen LogP contribution in [-0.4, -0.2) is 14.5 Å². The molecule has 36 heavy (non-hydrogen) atoms. The molecule has 0 saturated carbocycles. The largest absolute Gasteiger partial charge is 0.436 e. The molecule has 0 aliphatic heterocycles. The third-order valence-corrected chi connectivity index (χ3v) is 5.94. The first-order valence-corrected chi connectivity index (χ1v) is 11.3. The van der Waals surface area contributed by atoms with Crippen molar-refractivity contribution in [1.82, 2.24) is 14.5 Å². The first kappa shape index (κ1) is 22.6. The molecular formula is C29H22N6O. The number of benzene rings is 3. The zero-order chi connectivity index (χ0) is 25.2. The number of hydrogen-bond donors (Lipinski definition) is 1. The lowest BCUT2D eigenvalue weighted by atomic mass is 9.98. The van der Waals surface area contributed by atoms with Gasteiger partial charge in [-0.25, -0.2) is 4.98 Å². The van der Waals surface area contributed by atoms with Crippen LogP contribution in [0.5, 0.6) is 11.6 Å². The number of nitriles is 2. The van der Waals surface area contributed by atoms with Gasteiger partial charge >= 0.3 is 0 Å². The molecule has 2 aromatic heterocycles. The van der Waals surface area contributed by atoms with Gasteiger partial charge in [0, 0.05) is 18.9 Å². The molecule has 174 valence electrons. The SMILES string of the molecule is Cc1cc(-c2cccc(C#N)c2)cc(C)c1Oc1nc(Nc2ccc(C#N)cc2)nc2ccn(C)c12. The van der Waals surface area contributed by atoms with Crippen LogP contribution in [-0.2, 0) is 7.05 Å². The van der Waals surface area contributed by atoms with Gasteiger partial charge in [-0.05, 0) is 90.7 Å². The molecule has 0 atom stereocenters. The van der Waals surface area contributed by atoms with Crippen LogP contribution in [0.15, 0.2) is 72.9 Å². The maximum Gasteiger partial charge on any atom is 0.249 e. The minimum atomic E-state index is 0.397. The molecule has 7 heteroatoms. The van der Waals surface area contributed by atoms with Crippen molar-refractivity contribution in [1.29, 1.82) is 10.5 Å². The van der Waals surface area contributed by atoms with Crippen LogP contribution in [0.3, 0.4) is 0 Å². The predicted molar refractivity (Wildman–Crippen MR) is 139 cm³/mol. The number of fused-ring (bicyclic) bond motifs is 1. The second kappa shape index (κ2) is 9.25. The Morgan fingerprint density at radius 2 is 1.56 bits per heavy atom. The summed E-state index contributed by atoms with van der Waals surface area (Å²) in [6, 6.07) is 25.0. The molecule has 3 aromatic carbocycles. The van der Waals surface area contributed by atoms with E-state index in [4.69, 9.17) is 10.00 Å².